The number of allylic oxidation sites excluding steroid dienone is 1. The van der Waals surface area contributed by atoms with Gasteiger partial charge in [0.25, 0.3) is 5.91 Å². The van der Waals surface area contributed by atoms with Gasteiger partial charge in [-0.1, -0.05) is 40.9 Å². The summed E-state index contributed by atoms with van der Waals surface area (Å²) in [4.78, 5) is 27.4. The Balaban J connectivity index is 1.67. The fourth-order valence-corrected chi connectivity index (χ4v) is 6.09. The first-order valence-corrected chi connectivity index (χ1v) is 13.0. The van der Waals surface area contributed by atoms with E-state index in [0.717, 1.165) is 36.1 Å². The van der Waals surface area contributed by atoms with Crippen LogP contribution in [0.2, 0.25) is 5.02 Å². The fraction of sp³-hybridized carbons (Fsp3) is 0.360. The van der Waals surface area contributed by atoms with Crippen LogP contribution in [-0.2, 0) is 19.6 Å². The van der Waals surface area contributed by atoms with Gasteiger partial charge in [0.15, 0.2) is 0 Å². The van der Waals surface area contributed by atoms with Crippen molar-refractivity contribution >= 4 is 39.1 Å². The van der Waals surface area contributed by atoms with Crippen LogP contribution in [0, 0.1) is 6.92 Å². The fourth-order valence-electron chi connectivity index (χ4n) is 4.38. The van der Waals surface area contributed by atoms with E-state index in [4.69, 9.17) is 11.6 Å². The smallest absolute Gasteiger partial charge is 0.252 e. The minimum absolute atomic E-state index is 0.121. The number of amides is 2. The number of anilines is 1. The molecule has 8 heteroatoms. The van der Waals surface area contributed by atoms with E-state index in [1.165, 1.54) is 9.88 Å². The second-order valence-corrected chi connectivity index (χ2v) is 10.9. The highest BCUT2D eigenvalue weighted by Gasteiger charge is 2.46. The summed E-state index contributed by atoms with van der Waals surface area (Å²) in [5.74, 6) is -0.955. The molecule has 1 aliphatic carbocycles. The van der Waals surface area contributed by atoms with E-state index in [-0.39, 0.29) is 17.9 Å². The van der Waals surface area contributed by atoms with Gasteiger partial charge in [0.2, 0.25) is 15.9 Å². The molecule has 0 aromatic heterocycles. The number of imide groups is 1. The van der Waals surface area contributed by atoms with Crippen LogP contribution < -0.4 is 4.90 Å². The molecule has 2 aliphatic rings. The lowest BCUT2D eigenvalue weighted by molar-refractivity contribution is -0.122. The maximum atomic E-state index is 13.7. The summed E-state index contributed by atoms with van der Waals surface area (Å²) in [7, 11) is -3.99. The highest BCUT2D eigenvalue weighted by molar-refractivity contribution is 7.89. The molecule has 6 nitrogen and oxygen atoms in total. The monoisotopic (exact) mass is 486 g/mol. The number of carbonyl (C=O) groups excluding carboxylic acids is 2. The molecule has 1 aliphatic heterocycles. The van der Waals surface area contributed by atoms with E-state index >= 15 is 0 Å². The van der Waals surface area contributed by atoms with Gasteiger partial charge >= 0.3 is 0 Å². The maximum Gasteiger partial charge on any atom is 0.252 e. The highest BCUT2D eigenvalue weighted by Crippen LogP contribution is 2.31. The molecule has 2 amide bonds. The first-order valence-electron chi connectivity index (χ1n) is 11.2. The van der Waals surface area contributed by atoms with Crippen molar-refractivity contribution < 1.29 is 18.0 Å². The molecule has 0 saturated carbocycles. The summed E-state index contributed by atoms with van der Waals surface area (Å²) in [6.07, 6.45) is 6.68. The Hall–Kier alpha value is -2.48. The standard InChI is InChI=1S/C25H27ClN2O4S/c1-18-7-13-22(14-8-18)33(31,32)27(16-15-19-5-3-2-4-6-19)23-17-24(29)28(25(23)30)21-11-9-20(26)10-12-21/h5,7-14,23H,2-4,6,15-17H2,1H3. The quantitative estimate of drug-likeness (QED) is 0.413. The molecule has 1 atom stereocenters. The zero-order valence-electron chi connectivity index (χ0n) is 18.5. The van der Waals surface area contributed by atoms with E-state index in [9.17, 15) is 18.0 Å². The highest BCUT2D eigenvalue weighted by atomic mass is 35.5. The number of benzene rings is 2. The zero-order chi connectivity index (χ0) is 23.6. The average Bonchev–Trinajstić information content (AvgIpc) is 3.09. The molecule has 174 valence electrons. The minimum atomic E-state index is -3.99. The van der Waals surface area contributed by atoms with Gasteiger partial charge in [-0.3, -0.25) is 9.59 Å². The van der Waals surface area contributed by atoms with Gasteiger partial charge in [0.05, 0.1) is 17.0 Å². The van der Waals surface area contributed by atoms with Crippen LogP contribution in [-0.4, -0.2) is 37.1 Å². The Morgan fingerprint density at radius 3 is 2.36 bits per heavy atom. The van der Waals surface area contributed by atoms with Crippen molar-refractivity contribution in [1.82, 2.24) is 4.31 Å². The van der Waals surface area contributed by atoms with E-state index < -0.39 is 27.9 Å². The van der Waals surface area contributed by atoms with Crippen molar-refractivity contribution in [2.24, 2.45) is 0 Å². The van der Waals surface area contributed by atoms with Crippen molar-refractivity contribution in [3.63, 3.8) is 0 Å². The molecule has 1 heterocycles. The van der Waals surface area contributed by atoms with Crippen LogP contribution in [0.3, 0.4) is 0 Å². The molecule has 1 unspecified atom stereocenters. The number of hydrogen-bond acceptors (Lipinski definition) is 4. The summed E-state index contributed by atoms with van der Waals surface area (Å²) in [5, 5.41) is 0.485. The van der Waals surface area contributed by atoms with Crippen LogP contribution in [0.25, 0.3) is 0 Å². The molecule has 2 aromatic rings. The number of halogens is 1. The van der Waals surface area contributed by atoms with Crippen LogP contribution in [0.1, 0.15) is 44.1 Å². The Morgan fingerprint density at radius 2 is 1.73 bits per heavy atom. The van der Waals surface area contributed by atoms with Crippen LogP contribution in [0.15, 0.2) is 65.1 Å². The maximum absolute atomic E-state index is 13.7. The summed E-state index contributed by atoms with van der Waals surface area (Å²) in [6.45, 7) is 2.03. The Bertz CT molecular complexity index is 1170. The third kappa shape index (κ3) is 5.05. The van der Waals surface area contributed by atoms with Gasteiger partial charge < -0.3 is 0 Å². The van der Waals surface area contributed by atoms with Gasteiger partial charge in [-0.15, -0.1) is 0 Å². The summed E-state index contributed by atoms with van der Waals surface area (Å²) in [6, 6.07) is 11.9. The first-order chi connectivity index (χ1) is 15.8. The lowest BCUT2D eigenvalue weighted by atomic mass is 9.97. The molecule has 0 radical (unpaired) electrons. The number of rotatable bonds is 7. The second kappa shape index (κ2) is 9.79. The van der Waals surface area contributed by atoms with Crippen molar-refractivity contribution in [3.05, 3.63) is 70.8 Å². The molecular formula is C25H27ClN2O4S. The average molecular weight is 487 g/mol. The van der Waals surface area contributed by atoms with Crippen molar-refractivity contribution in [2.45, 2.75) is 56.4 Å². The number of aryl methyl sites for hydroxylation is 1. The third-order valence-electron chi connectivity index (χ3n) is 6.22. The topological polar surface area (TPSA) is 74.8 Å². The molecule has 2 aromatic carbocycles. The molecule has 1 fully saturated rings. The van der Waals surface area contributed by atoms with Gasteiger partial charge in [-0.25, -0.2) is 13.3 Å². The number of carbonyl (C=O) groups is 2. The molecule has 4 rings (SSSR count). The van der Waals surface area contributed by atoms with Crippen LogP contribution in [0.5, 0.6) is 0 Å². The lowest BCUT2D eigenvalue weighted by Crippen LogP contribution is -2.46. The van der Waals surface area contributed by atoms with Crippen LogP contribution >= 0.6 is 11.6 Å². The van der Waals surface area contributed by atoms with Crippen molar-refractivity contribution in [3.8, 4) is 0 Å². The molecule has 0 spiro atoms. The van der Waals surface area contributed by atoms with Crippen molar-refractivity contribution in [2.75, 3.05) is 11.4 Å². The van der Waals surface area contributed by atoms with Gasteiger partial charge in [-0.05, 0) is 75.4 Å². The SMILES string of the molecule is Cc1ccc(S(=O)(=O)N(CCC2=CCCCC2)C2CC(=O)N(c3ccc(Cl)cc3)C2=O)cc1. The number of sulfonamides is 1. The largest absolute Gasteiger partial charge is 0.274 e. The van der Waals surface area contributed by atoms with E-state index in [1.807, 2.05) is 6.92 Å². The minimum Gasteiger partial charge on any atom is -0.274 e. The molecule has 0 N–H and O–H groups in total. The predicted octanol–water partition coefficient (Wildman–Crippen LogP) is 4.86. The van der Waals surface area contributed by atoms with Gasteiger partial charge in [0, 0.05) is 11.6 Å². The van der Waals surface area contributed by atoms with Crippen LogP contribution in [0.4, 0.5) is 5.69 Å². The Labute approximate surface area is 199 Å². The molecule has 33 heavy (non-hydrogen) atoms. The third-order valence-corrected chi connectivity index (χ3v) is 8.40. The Kier molecular flexibility index (Phi) is 7.02. The summed E-state index contributed by atoms with van der Waals surface area (Å²) < 4.78 is 28.5. The van der Waals surface area contributed by atoms with Gasteiger partial charge in [0.1, 0.15) is 6.04 Å². The van der Waals surface area contributed by atoms with E-state index in [0.29, 0.717) is 17.1 Å². The normalized spacial score (nSPS) is 19.3. The summed E-state index contributed by atoms with van der Waals surface area (Å²) in [5.41, 5.74) is 2.53. The Morgan fingerprint density at radius 1 is 1.03 bits per heavy atom. The molecule has 0 bridgehead atoms. The number of hydrogen-bond donors (Lipinski definition) is 0. The lowest BCUT2D eigenvalue weighted by Gasteiger charge is -2.28. The van der Waals surface area contributed by atoms with Gasteiger partial charge in [-0.2, -0.15) is 4.31 Å². The summed E-state index contributed by atoms with van der Waals surface area (Å²) >= 11 is 5.94. The molecular weight excluding hydrogens is 460 g/mol. The first kappa shape index (κ1) is 23.7. The zero-order valence-corrected chi connectivity index (χ0v) is 20.1. The predicted molar refractivity (Wildman–Crippen MR) is 129 cm³/mol. The van der Waals surface area contributed by atoms with E-state index in [2.05, 4.69) is 6.08 Å². The molecule has 1 saturated heterocycles. The van der Waals surface area contributed by atoms with E-state index in [1.54, 1.807) is 48.5 Å². The second-order valence-electron chi connectivity index (χ2n) is 8.55. The van der Waals surface area contributed by atoms with Crippen molar-refractivity contribution in [1.29, 1.82) is 0 Å². The number of nitrogens with zero attached hydrogens (tertiary/aromatic N) is 2.